The van der Waals surface area contributed by atoms with Crippen LogP contribution in [-0.4, -0.2) is 40.7 Å². The first-order chi connectivity index (χ1) is 11.8. The molecule has 4 rings (SSSR count). The average Bonchev–Trinajstić information content (AvgIpc) is 3.07. The highest BCUT2D eigenvalue weighted by Gasteiger charge is 2.35. The van der Waals surface area contributed by atoms with Gasteiger partial charge in [-0.05, 0) is 43.7 Å². The van der Waals surface area contributed by atoms with E-state index >= 15 is 0 Å². The van der Waals surface area contributed by atoms with Gasteiger partial charge in [-0.15, -0.1) is 0 Å². The van der Waals surface area contributed by atoms with Crippen LogP contribution in [0.5, 0.6) is 0 Å². The Kier molecular flexibility index (Phi) is 4.34. The molecule has 0 bridgehead atoms. The third-order valence-electron chi connectivity index (χ3n) is 4.53. The lowest BCUT2D eigenvalue weighted by Gasteiger charge is -2.20. The number of likely N-dealkylation sites (tertiary alicyclic amines) is 1. The zero-order valence-electron chi connectivity index (χ0n) is 13.5. The average molecular weight is 331 g/mol. The highest BCUT2D eigenvalue weighted by atomic mass is 16.5. The van der Waals surface area contributed by atoms with E-state index < -0.39 is 0 Å². The molecule has 2 aromatic heterocycles. The molecule has 1 aliphatic heterocycles. The number of ether oxygens (including phenoxy) is 1. The van der Waals surface area contributed by atoms with Crippen LogP contribution in [0.1, 0.15) is 54.0 Å². The second-order valence-corrected chi connectivity index (χ2v) is 6.45. The van der Waals surface area contributed by atoms with Gasteiger partial charge in [0.25, 0.3) is 5.91 Å². The van der Waals surface area contributed by atoms with Crippen LogP contribution in [0.4, 0.5) is 0 Å². The molecule has 3 heterocycles. The van der Waals surface area contributed by atoms with Gasteiger partial charge in [-0.2, -0.15) is 4.98 Å². The van der Waals surface area contributed by atoms with Crippen molar-refractivity contribution in [3.63, 3.8) is 0 Å². The molecule has 0 radical (unpaired) electrons. The minimum absolute atomic E-state index is 0.130. The molecule has 2 aromatic rings. The Morgan fingerprint density at radius 2 is 2.29 bits per heavy atom. The van der Waals surface area contributed by atoms with Gasteiger partial charge in [-0.25, -0.2) is 0 Å². The number of nitrogens with zero attached hydrogens (tertiary/aromatic N) is 3. The number of furan rings is 1. The van der Waals surface area contributed by atoms with Gasteiger partial charge < -0.3 is 18.6 Å². The van der Waals surface area contributed by atoms with Crippen LogP contribution in [0.25, 0.3) is 0 Å². The molecule has 1 aliphatic carbocycles. The van der Waals surface area contributed by atoms with E-state index in [4.69, 9.17) is 13.7 Å². The zero-order valence-corrected chi connectivity index (χ0v) is 13.5. The van der Waals surface area contributed by atoms with E-state index in [-0.39, 0.29) is 11.9 Å². The summed E-state index contributed by atoms with van der Waals surface area (Å²) < 4.78 is 16.2. The summed E-state index contributed by atoms with van der Waals surface area (Å²) in [6, 6.07) is 3.22. The first-order valence-electron chi connectivity index (χ1n) is 8.56. The number of carbonyl (C=O) groups excluding carboxylic acids is 1. The lowest BCUT2D eigenvalue weighted by molar-refractivity contribution is 0.0678. The summed E-state index contributed by atoms with van der Waals surface area (Å²) in [5.74, 6) is 2.11. The molecular weight excluding hydrogens is 310 g/mol. The van der Waals surface area contributed by atoms with E-state index in [2.05, 4.69) is 10.1 Å². The molecule has 2 fully saturated rings. The third kappa shape index (κ3) is 3.36. The Bertz CT molecular complexity index is 678. The van der Waals surface area contributed by atoms with E-state index in [1.54, 1.807) is 17.0 Å². The molecule has 7 nitrogen and oxygen atoms in total. The van der Waals surface area contributed by atoms with Crippen molar-refractivity contribution in [1.82, 2.24) is 15.0 Å². The largest absolute Gasteiger partial charge is 0.459 e. The van der Waals surface area contributed by atoms with Crippen LogP contribution in [0.3, 0.4) is 0 Å². The topological polar surface area (TPSA) is 81.6 Å². The smallest absolute Gasteiger partial charge is 0.290 e. The summed E-state index contributed by atoms with van der Waals surface area (Å²) in [5, 5.41) is 4.02. The van der Waals surface area contributed by atoms with Crippen molar-refractivity contribution in [2.75, 3.05) is 19.8 Å². The molecule has 1 unspecified atom stereocenters. The van der Waals surface area contributed by atoms with Crippen LogP contribution < -0.4 is 0 Å². The Morgan fingerprint density at radius 3 is 3.08 bits per heavy atom. The monoisotopic (exact) mass is 331 g/mol. The van der Waals surface area contributed by atoms with Gasteiger partial charge in [-0.3, -0.25) is 4.79 Å². The summed E-state index contributed by atoms with van der Waals surface area (Å²) >= 11 is 0. The number of rotatable bonds is 7. The molecule has 128 valence electrons. The maximum Gasteiger partial charge on any atom is 0.290 e. The highest BCUT2D eigenvalue weighted by molar-refractivity contribution is 5.91. The predicted octanol–water partition coefficient (Wildman–Crippen LogP) is 2.61. The second-order valence-electron chi connectivity index (χ2n) is 6.45. The summed E-state index contributed by atoms with van der Waals surface area (Å²) in [6.07, 6.45) is 6.45. The van der Waals surface area contributed by atoms with Crippen LogP contribution in [0, 0.1) is 5.92 Å². The first kappa shape index (κ1) is 15.4. The van der Waals surface area contributed by atoms with Crippen molar-refractivity contribution >= 4 is 5.91 Å². The third-order valence-corrected chi connectivity index (χ3v) is 4.53. The van der Waals surface area contributed by atoms with Crippen LogP contribution in [0.2, 0.25) is 0 Å². The second kappa shape index (κ2) is 6.76. The van der Waals surface area contributed by atoms with Gasteiger partial charge in [0.15, 0.2) is 11.6 Å². The van der Waals surface area contributed by atoms with Gasteiger partial charge in [0.2, 0.25) is 5.89 Å². The maximum atomic E-state index is 12.5. The fourth-order valence-electron chi connectivity index (χ4n) is 3.01. The molecular formula is C17H21N3O4. The molecule has 1 saturated carbocycles. The van der Waals surface area contributed by atoms with Crippen LogP contribution in [-0.2, 0) is 11.2 Å². The Hall–Kier alpha value is -2.15. The van der Waals surface area contributed by atoms with E-state index in [0.29, 0.717) is 37.0 Å². The molecule has 7 heteroatoms. The van der Waals surface area contributed by atoms with Gasteiger partial charge in [-0.1, -0.05) is 5.16 Å². The maximum absolute atomic E-state index is 12.5. The minimum Gasteiger partial charge on any atom is -0.459 e. The zero-order chi connectivity index (χ0) is 16.4. The number of amides is 1. The summed E-state index contributed by atoms with van der Waals surface area (Å²) in [7, 11) is 0. The summed E-state index contributed by atoms with van der Waals surface area (Å²) in [6.45, 7) is 2.11. The normalized spacial score (nSPS) is 20.7. The quantitative estimate of drug-likeness (QED) is 0.725. The van der Waals surface area contributed by atoms with Crippen LogP contribution in [0.15, 0.2) is 27.3 Å². The van der Waals surface area contributed by atoms with Crippen molar-refractivity contribution in [2.24, 2.45) is 5.92 Å². The molecule has 1 atom stereocenters. The summed E-state index contributed by atoms with van der Waals surface area (Å²) in [5.41, 5.74) is 0. The van der Waals surface area contributed by atoms with Gasteiger partial charge in [0.05, 0.1) is 12.9 Å². The number of hydrogen-bond acceptors (Lipinski definition) is 6. The fourth-order valence-corrected chi connectivity index (χ4v) is 3.01. The molecule has 24 heavy (non-hydrogen) atoms. The van der Waals surface area contributed by atoms with Crippen molar-refractivity contribution in [1.29, 1.82) is 0 Å². The van der Waals surface area contributed by atoms with Gasteiger partial charge >= 0.3 is 0 Å². The number of carbonyl (C=O) groups is 1. The number of hydrogen-bond donors (Lipinski definition) is 0. The van der Waals surface area contributed by atoms with Crippen LogP contribution >= 0.6 is 0 Å². The van der Waals surface area contributed by atoms with E-state index in [0.717, 1.165) is 25.4 Å². The Labute approximate surface area is 140 Å². The Morgan fingerprint density at radius 1 is 1.38 bits per heavy atom. The summed E-state index contributed by atoms with van der Waals surface area (Å²) in [4.78, 5) is 18.7. The van der Waals surface area contributed by atoms with Crippen molar-refractivity contribution in [2.45, 2.75) is 38.1 Å². The van der Waals surface area contributed by atoms with Crippen molar-refractivity contribution in [3.8, 4) is 0 Å². The molecule has 1 amide bonds. The lowest BCUT2D eigenvalue weighted by atomic mass is 10.2. The van der Waals surface area contributed by atoms with E-state index in [9.17, 15) is 4.79 Å². The first-order valence-corrected chi connectivity index (χ1v) is 8.56. The van der Waals surface area contributed by atoms with Gasteiger partial charge in [0, 0.05) is 19.6 Å². The standard InChI is InChI=1S/C17H21N3O4/c21-17(14-4-2-9-23-14)20-8-1-3-13(20)16-18-15(19-24-16)7-10-22-11-12-5-6-12/h2,4,9,12-13H,1,3,5-8,10-11H2. The predicted molar refractivity (Wildman–Crippen MR) is 83.3 cm³/mol. The minimum atomic E-state index is -0.170. The molecule has 2 aliphatic rings. The SMILES string of the molecule is O=C(c1ccco1)N1CCCC1c1nc(CCOCC2CC2)no1. The highest BCUT2D eigenvalue weighted by Crippen LogP contribution is 2.32. The molecule has 0 N–H and O–H groups in total. The number of aromatic nitrogens is 2. The molecule has 1 saturated heterocycles. The van der Waals surface area contributed by atoms with Crippen molar-refractivity contribution in [3.05, 3.63) is 35.9 Å². The molecule has 0 aromatic carbocycles. The van der Waals surface area contributed by atoms with Gasteiger partial charge in [0.1, 0.15) is 6.04 Å². The van der Waals surface area contributed by atoms with E-state index in [1.807, 2.05) is 0 Å². The fraction of sp³-hybridized carbons (Fsp3) is 0.588. The Balaban J connectivity index is 1.36. The van der Waals surface area contributed by atoms with E-state index in [1.165, 1.54) is 19.1 Å². The molecule has 0 spiro atoms. The lowest BCUT2D eigenvalue weighted by Crippen LogP contribution is -2.30. The van der Waals surface area contributed by atoms with Crippen molar-refractivity contribution < 1.29 is 18.5 Å².